The molecule has 0 heterocycles. The first kappa shape index (κ1) is 22.8. The van der Waals surface area contributed by atoms with Crippen LogP contribution in [-0.2, 0) is 19.1 Å². The molecule has 0 saturated heterocycles. The molecule has 0 aromatic heterocycles. The lowest BCUT2D eigenvalue weighted by molar-refractivity contribution is -0.151. The van der Waals surface area contributed by atoms with E-state index in [9.17, 15) is 19.6 Å². The van der Waals surface area contributed by atoms with Crippen LogP contribution in [0.15, 0.2) is 24.3 Å². The van der Waals surface area contributed by atoms with Gasteiger partial charge in [0.05, 0.1) is 17.6 Å². The fraction of sp³-hybridized carbons (Fsp3) is 0.524. The molecule has 29 heavy (non-hydrogen) atoms. The third-order valence-electron chi connectivity index (χ3n) is 5.05. The second kappa shape index (κ2) is 10.9. The van der Waals surface area contributed by atoms with Gasteiger partial charge in [0.15, 0.2) is 6.61 Å². The van der Waals surface area contributed by atoms with Crippen molar-refractivity contribution in [2.75, 3.05) is 30.5 Å². The van der Waals surface area contributed by atoms with Gasteiger partial charge in [-0.05, 0) is 31.9 Å². The molecular weight excluding hydrogens is 390 g/mol. The van der Waals surface area contributed by atoms with Crippen LogP contribution in [-0.4, -0.2) is 53.4 Å². The average molecular weight is 418 g/mol. The van der Waals surface area contributed by atoms with Gasteiger partial charge in [0.1, 0.15) is 5.54 Å². The zero-order valence-corrected chi connectivity index (χ0v) is 17.7. The van der Waals surface area contributed by atoms with E-state index in [4.69, 9.17) is 4.74 Å². The summed E-state index contributed by atoms with van der Waals surface area (Å²) in [5.74, 6) is -1.08. The van der Waals surface area contributed by atoms with Crippen LogP contribution in [0.4, 0.5) is 5.69 Å². The van der Waals surface area contributed by atoms with Gasteiger partial charge in [-0.15, -0.1) is 11.8 Å². The molecule has 1 aliphatic carbocycles. The number of carbonyl (C=O) groups excluding carboxylic acids is 3. The molecular formula is C21H27N3O4S. The Morgan fingerprint density at radius 3 is 2.45 bits per heavy atom. The second-order valence-electron chi connectivity index (χ2n) is 7.22. The van der Waals surface area contributed by atoms with Crippen molar-refractivity contribution in [3.05, 3.63) is 29.8 Å². The second-order valence-corrected chi connectivity index (χ2v) is 8.21. The number of rotatable bonds is 8. The van der Waals surface area contributed by atoms with Gasteiger partial charge in [-0.2, -0.15) is 5.26 Å². The molecule has 0 aliphatic heterocycles. The van der Waals surface area contributed by atoms with Crippen LogP contribution in [0.5, 0.6) is 0 Å². The maximum Gasteiger partial charge on any atom is 0.316 e. The molecule has 1 fully saturated rings. The Bertz CT molecular complexity index is 767. The Morgan fingerprint density at radius 1 is 1.17 bits per heavy atom. The molecule has 156 valence electrons. The number of ether oxygens (including phenoxy) is 1. The molecule has 1 saturated carbocycles. The minimum Gasteiger partial charge on any atom is -0.455 e. The number of likely N-dealkylation sites (N-methyl/N-ethyl adjacent to an activating group) is 1. The Morgan fingerprint density at radius 2 is 1.83 bits per heavy atom. The number of carbonyl (C=O) groups is 3. The minimum absolute atomic E-state index is 0.0261. The van der Waals surface area contributed by atoms with E-state index in [0.29, 0.717) is 18.5 Å². The van der Waals surface area contributed by atoms with Crippen molar-refractivity contribution >= 4 is 35.2 Å². The van der Waals surface area contributed by atoms with Gasteiger partial charge in [0, 0.05) is 12.7 Å². The number of nitrogens with zero attached hydrogens (tertiary/aromatic N) is 2. The number of anilines is 1. The maximum atomic E-state index is 12.3. The van der Waals surface area contributed by atoms with Crippen molar-refractivity contribution in [2.45, 2.75) is 44.6 Å². The molecule has 0 radical (unpaired) electrons. The molecule has 7 nitrogen and oxygen atoms in total. The van der Waals surface area contributed by atoms with Gasteiger partial charge in [0.25, 0.3) is 5.91 Å². The normalized spacial score (nSPS) is 15.1. The summed E-state index contributed by atoms with van der Waals surface area (Å²) in [4.78, 5) is 37.5. The molecule has 2 rings (SSSR count). The van der Waals surface area contributed by atoms with Crippen molar-refractivity contribution in [2.24, 2.45) is 0 Å². The van der Waals surface area contributed by atoms with Gasteiger partial charge >= 0.3 is 5.97 Å². The summed E-state index contributed by atoms with van der Waals surface area (Å²) in [6.07, 6.45) is 4.17. The van der Waals surface area contributed by atoms with Crippen LogP contribution >= 0.6 is 11.8 Å². The standard InChI is InChI=1S/C21H27N3O4S/c1-16-6-8-17(9-7-16)23-18(25)13-29-14-20(27)28-12-19(26)24(2)21(15-22)10-4-3-5-11-21/h6-9H,3-5,10-14H2,1-2H3,(H,23,25). The first-order valence-corrected chi connectivity index (χ1v) is 10.8. The summed E-state index contributed by atoms with van der Waals surface area (Å²) in [6, 6.07) is 9.70. The van der Waals surface area contributed by atoms with Crippen molar-refractivity contribution in [3.63, 3.8) is 0 Å². The van der Waals surface area contributed by atoms with Crippen molar-refractivity contribution in [3.8, 4) is 6.07 Å². The Kier molecular flexibility index (Phi) is 8.52. The molecule has 2 amide bonds. The Labute approximate surface area is 175 Å². The van der Waals surface area contributed by atoms with Crippen LogP contribution in [0.3, 0.4) is 0 Å². The summed E-state index contributed by atoms with van der Waals surface area (Å²) in [5, 5.41) is 12.3. The molecule has 1 aliphatic rings. The van der Waals surface area contributed by atoms with E-state index in [1.165, 1.54) is 4.90 Å². The van der Waals surface area contributed by atoms with E-state index in [2.05, 4.69) is 11.4 Å². The van der Waals surface area contributed by atoms with Crippen LogP contribution < -0.4 is 5.32 Å². The number of hydrogen-bond acceptors (Lipinski definition) is 6. The number of thioether (sulfide) groups is 1. The largest absolute Gasteiger partial charge is 0.455 e. The third kappa shape index (κ3) is 6.79. The monoisotopic (exact) mass is 417 g/mol. The van der Waals surface area contributed by atoms with E-state index >= 15 is 0 Å². The number of esters is 1. The molecule has 0 atom stereocenters. The molecule has 0 bridgehead atoms. The summed E-state index contributed by atoms with van der Waals surface area (Å²) < 4.78 is 5.03. The van der Waals surface area contributed by atoms with E-state index < -0.39 is 18.1 Å². The van der Waals surface area contributed by atoms with Gasteiger partial charge in [-0.1, -0.05) is 37.0 Å². The van der Waals surface area contributed by atoms with Crippen LogP contribution in [0, 0.1) is 18.3 Å². The highest BCUT2D eigenvalue weighted by Gasteiger charge is 2.38. The van der Waals surface area contributed by atoms with Gasteiger partial charge in [-0.25, -0.2) is 0 Å². The zero-order chi connectivity index (χ0) is 21.3. The lowest BCUT2D eigenvalue weighted by atomic mass is 9.81. The van der Waals surface area contributed by atoms with Gasteiger partial charge in [0.2, 0.25) is 5.91 Å². The fourth-order valence-electron chi connectivity index (χ4n) is 3.24. The van der Waals surface area contributed by atoms with E-state index in [1.807, 2.05) is 31.2 Å². The van der Waals surface area contributed by atoms with Crippen molar-refractivity contribution in [1.29, 1.82) is 5.26 Å². The first-order chi connectivity index (χ1) is 13.9. The molecule has 1 aromatic rings. The van der Waals surface area contributed by atoms with E-state index in [1.54, 1.807) is 7.05 Å². The third-order valence-corrected chi connectivity index (χ3v) is 5.96. The molecule has 0 unspecified atom stereocenters. The zero-order valence-electron chi connectivity index (χ0n) is 16.9. The Hall–Kier alpha value is -2.53. The number of amides is 2. The molecule has 8 heteroatoms. The number of nitriles is 1. The quantitative estimate of drug-likeness (QED) is 0.653. The number of hydrogen-bond donors (Lipinski definition) is 1. The summed E-state index contributed by atoms with van der Waals surface area (Å²) >= 11 is 1.12. The minimum atomic E-state index is -0.801. The van der Waals surface area contributed by atoms with E-state index in [0.717, 1.165) is 36.6 Å². The predicted octanol–water partition coefficient (Wildman–Crippen LogP) is 2.89. The highest BCUT2D eigenvalue weighted by atomic mass is 32.2. The summed E-state index contributed by atoms with van der Waals surface area (Å²) in [5.41, 5.74) is 1.00. The number of nitrogens with one attached hydrogen (secondary N) is 1. The van der Waals surface area contributed by atoms with E-state index in [-0.39, 0.29) is 23.3 Å². The number of aryl methyl sites for hydroxylation is 1. The highest BCUT2D eigenvalue weighted by molar-refractivity contribution is 8.00. The lowest BCUT2D eigenvalue weighted by Gasteiger charge is -2.38. The van der Waals surface area contributed by atoms with Crippen molar-refractivity contribution < 1.29 is 19.1 Å². The molecule has 1 N–H and O–H groups in total. The lowest BCUT2D eigenvalue weighted by Crippen LogP contribution is -2.51. The Balaban J connectivity index is 1.68. The topological polar surface area (TPSA) is 99.5 Å². The summed E-state index contributed by atoms with van der Waals surface area (Å²) in [6.45, 7) is 1.57. The highest BCUT2D eigenvalue weighted by Crippen LogP contribution is 2.32. The average Bonchev–Trinajstić information content (AvgIpc) is 2.73. The number of benzene rings is 1. The first-order valence-electron chi connectivity index (χ1n) is 9.64. The van der Waals surface area contributed by atoms with Gasteiger partial charge in [-0.3, -0.25) is 14.4 Å². The SMILES string of the molecule is Cc1ccc(NC(=O)CSCC(=O)OCC(=O)N(C)C2(C#N)CCCCC2)cc1. The van der Waals surface area contributed by atoms with Crippen LogP contribution in [0.2, 0.25) is 0 Å². The molecule has 0 spiro atoms. The van der Waals surface area contributed by atoms with Crippen molar-refractivity contribution in [1.82, 2.24) is 4.90 Å². The fourth-order valence-corrected chi connectivity index (χ4v) is 3.85. The smallest absolute Gasteiger partial charge is 0.316 e. The van der Waals surface area contributed by atoms with Crippen LogP contribution in [0.1, 0.15) is 37.7 Å². The summed E-state index contributed by atoms with van der Waals surface area (Å²) in [7, 11) is 1.59. The maximum absolute atomic E-state index is 12.3. The molecule has 1 aromatic carbocycles. The van der Waals surface area contributed by atoms with Crippen LogP contribution in [0.25, 0.3) is 0 Å². The predicted molar refractivity (Wildman–Crippen MR) is 112 cm³/mol. The van der Waals surface area contributed by atoms with Gasteiger partial charge < -0.3 is 15.0 Å².